The minimum absolute atomic E-state index is 0.0950. The maximum absolute atomic E-state index is 6.52. The topological polar surface area (TPSA) is 32.5 Å². The molecule has 3 heteroatoms. The van der Waals surface area contributed by atoms with Gasteiger partial charge in [0.25, 0.3) is 0 Å². The second-order valence-corrected chi connectivity index (χ2v) is 5.63. The first-order valence-electron chi connectivity index (χ1n) is 6.71. The molecule has 1 saturated heterocycles. The van der Waals surface area contributed by atoms with Crippen molar-refractivity contribution in [3.8, 4) is 0 Å². The van der Waals surface area contributed by atoms with Gasteiger partial charge in [0, 0.05) is 31.7 Å². The van der Waals surface area contributed by atoms with Crippen molar-refractivity contribution < 1.29 is 0 Å². The zero-order chi connectivity index (χ0) is 13.3. The minimum Gasteiger partial charge on any atom is -0.323 e. The van der Waals surface area contributed by atoms with Gasteiger partial charge in [0.2, 0.25) is 0 Å². The molecule has 0 saturated carbocycles. The van der Waals surface area contributed by atoms with Gasteiger partial charge in [0.05, 0.1) is 0 Å². The molecule has 2 unspecified atom stereocenters. The number of piperazine rings is 1. The second-order valence-electron chi connectivity index (χ2n) is 5.63. The predicted molar refractivity (Wildman–Crippen MR) is 76.8 cm³/mol. The molecule has 100 valence electrons. The summed E-state index contributed by atoms with van der Waals surface area (Å²) >= 11 is 0. The third-order valence-electron chi connectivity index (χ3n) is 4.32. The molecular weight excluding hydrogens is 222 g/mol. The van der Waals surface area contributed by atoms with Gasteiger partial charge >= 0.3 is 0 Å². The average Bonchev–Trinajstić information content (AvgIpc) is 2.35. The average molecular weight is 247 g/mol. The Labute approximate surface area is 111 Å². The normalized spacial score (nSPS) is 24.2. The van der Waals surface area contributed by atoms with E-state index in [2.05, 4.69) is 55.9 Å². The molecule has 0 aromatic heterocycles. The Hall–Kier alpha value is -0.900. The van der Waals surface area contributed by atoms with E-state index < -0.39 is 0 Å². The van der Waals surface area contributed by atoms with Gasteiger partial charge in [-0.2, -0.15) is 0 Å². The van der Waals surface area contributed by atoms with Crippen LogP contribution in [0.1, 0.15) is 22.7 Å². The Bertz CT molecular complexity index is 416. The standard InChI is InChI=1S/C15H25N3/c1-11-6-5-7-13(12(11)2)15(16)14-10-17(3)8-9-18(14)4/h5-7,14-15H,8-10,16H2,1-4H3. The Morgan fingerprint density at radius 1 is 1.22 bits per heavy atom. The zero-order valence-corrected chi connectivity index (χ0v) is 12.0. The molecule has 0 aliphatic carbocycles. The van der Waals surface area contributed by atoms with Gasteiger partial charge in [-0.05, 0) is 44.6 Å². The molecule has 1 heterocycles. The van der Waals surface area contributed by atoms with Crippen molar-refractivity contribution in [2.45, 2.75) is 25.9 Å². The second kappa shape index (κ2) is 5.39. The van der Waals surface area contributed by atoms with Gasteiger partial charge < -0.3 is 10.6 Å². The molecule has 2 rings (SSSR count). The summed E-state index contributed by atoms with van der Waals surface area (Å²) in [4.78, 5) is 4.77. The number of likely N-dealkylation sites (N-methyl/N-ethyl adjacent to an activating group) is 2. The molecule has 18 heavy (non-hydrogen) atoms. The van der Waals surface area contributed by atoms with Crippen molar-refractivity contribution in [2.75, 3.05) is 33.7 Å². The van der Waals surface area contributed by atoms with Crippen LogP contribution in [0.4, 0.5) is 0 Å². The number of aryl methyl sites for hydroxylation is 1. The highest BCUT2D eigenvalue weighted by molar-refractivity contribution is 5.36. The van der Waals surface area contributed by atoms with Gasteiger partial charge in [-0.25, -0.2) is 0 Å². The van der Waals surface area contributed by atoms with Crippen LogP contribution in [0.15, 0.2) is 18.2 Å². The van der Waals surface area contributed by atoms with Crippen LogP contribution in [-0.4, -0.2) is 49.6 Å². The van der Waals surface area contributed by atoms with Crippen molar-refractivity contribution in [2.24, 2.45) is 5.73 Å². The molecule has 1 aromatic rings. The number of benzene rings is 1. The summed E-state index contributed by atoms with van der Waals surface area (Å²) in [5.74, 6) is 0. The molecule has 1 fully saturated rings. The smallest absolute Gasteiger partial charge is 0.0468 e. The van der Waals surface area contributed by atoms with E-state index in [1.807, 2.05) is 0 Å². The van der Waals surface area contributed by atoms with Crippen molar-refractivity contribution in [3.63, 3.8) is 0 Å². The number of hydrogen-bond donors (Lipinski definition) is 1. The molecule has 3 nitrogen and oxygen atoms in total. The number of nitrogens with zero attached hydrogens (tertiary/aromatic N) is 2. The zero-order valence-electron chi connectivity index (χ0n) is 12.0. The fraction of sp³-hybridized carbons (Fsp3) is 0.600. The Balaban J connectivity index is 2.24. The quantitative estimate of drug-likeness (QED) is 0.860. The maximum atomic E-state index is 6.52. The van der Waals surface area contributed by atoms with Crippen molar-refractivity contribution in [1.29, 1.82) is 0 Å². The third-order valence-corrected chi connectivity index (χ3v) is 4.32. The van der Waals surface area contributed by atoms with E-state index in [0.29, 0.717) is 6.04 Å². The summed E-state index contributed by atoms with van der Waals surface area (Å²) in [6.07, 6.45) is 0. The predicted octanol–water partition coefficient (Wildman–Crippen LogP) is 1.55. The van der Waals surface area contributed by atoms with Gasteiger partial charge in [-0.3, -0.25) is 4.90 Å². The fourth-order valence-corrected chi connectivity index (χ4v) is 2.77. The summed E-state index contributed by atoms with van der Waals surface area (Å²) in [5, 5.41) is 0. The van der Waals surface area contributed by atoms with Crippen molar-refractivity contribution >= 4 is 0 Å². The van der Waals surface area contributed by atoms with Crippen LogP contribution in [0.5, 0.6) is 0 Å². The van der Waals surface area contributed by atoms with Crippen molar-refractivity contribution in [1.82, 2.24) is 9.80 Å². The monoisotopic (exact) mass is 247 g/mol. The highest BCUT2D eigenvalue weighted by Crippen LogP contribution is 2.25. The molecule has 0 amide bonds. The summed E-state index contributed by atoms with van der Waals surface area (Å²) in [6, 6.07) is 6.95. The van der Waals surface area contributed by atoms with Gasteiger partial charge in [0.1, 0.15) is 0 Å². The molecule has 0 bridgehead atoms. The van der Waals surface area contributed by atoms with Crippen LogP contribution in [0.3, 0.4) is 0 Å². The van der Waals surface area contributed by atoms with Crippen LogP contribution in [0.2, 0.25) is 0 Å². The highest BCUT2D eigenvalue weighted by Gasteiger charge is 2.29. The number of nitrogens with two attached hydrogens (primary N) is 1. The van der Waals surface area contributed by atoms with E-state index in [0.717, 1.165) is 19.6 Å². The molecular formula is C15H25N3. The Morgan fingerprint density at radius 2 is 1.94 bits per heavy atom. The molecule has 1 aliphatic heterocycles. The van der Waals surface area contributed by atoms with Gasteiger partial charge in [-0.1, -0.05) is 18.2 Å². The van der Waals surface area contributed by atoms with Crippen LogP contribution in [0, 0.1) is 13.8 Å². The Kier molecular flexibility index (Phi) is 4.05. The van der Waals surface area contributed by atoms with Crippen LogP contribution in [-0.2, 0) is 0 Å². The highest BCUT2D eigenvalue weighted by atomic mass is 15.3. The van der Waals surface area contributed by atoms with E-state index >= 15 is 0 Å². The molecule has 1 aromatic carbocycles. The van der Waals surface area contributed by atoms with Gasteiger partial charge in [-0.15, -0.1) is 0 Å². The molecule has 0 spiro atoms. The summed E-state index contributed by atoms with van der Waals surface area (Å²) in [5.41, 5.74) is 10.5. The van der Waals surface area contributed by atoms with Crippen LogP contribution < -0.4 is 5.73 Å². The lowest BCUT2D eigenvalue weighted by atomic mass is 9.92. The van der Waals surface area contributed by atoms with Crippen LogP contribution >= 0.6 is 0 Å². The van der Waals surface area contributed by atoms with Crippen molar-refractivity contribution in [3.05, 3.63) is 34.9 Å². The summed E-state index contributed by atoms with van der Waals surface area (Å²) < 4.78 is 0. The van der Waals surface area contributed by atoms with E-state index in [1.54, 1.807) is 0 Å². The summed E-state index contributed by atoms with van der Waals surface area (Å²) in [7, 11) is 4.36. The van der Waals surface area contributed by atoms with Gasteiger partial charge in [0.15, 0.2) is 0 Å². The lowest BCUT2D eigenvalue weighted by Crippen LogP contribution is -2.54. The lowest BCUT2D eigenvalue weighted by molar-refractivity contribution is 0.0972. The van der Waals surface area contributed by atoms with E-state index in [1.165, 1.54) is 16.7 Å². The third kappa shape index (κ3) is 2.58. The van der Waals surface area contributed by atoms with E-state index in [4.69, 9.17) is 5.73 Å². The largest absolute Gasteiger partial charge is 0.323 e. The fourth-order valence-electron chi connectivity index (χ4n) is 2.77. The first kappa shape index (κ1) is 13.5. The van der Waals surface area contributed by atoms with E-state index in [9.17, 15) is 0 Å². The minimum atomic E-state index is 0.0950. The SMILES string of the molecule is Cc1cccc(C(N)C2CN(C)CCN2C)c1C. The first-order chi connectivity index (χ1) is 8.50. The maximum Gasteiger partial charge on any atom is 0.0468 e. The summed E-state index contributed by atoms with van der Waals surface area (Å²) in [6.45, 7) is 7.61. The molecule has 2 atom stereocenters. The lowest BCUT2D eigenvalue weighted by Gasteiger charge is -2.41. The Morgan fingerprint density at radius 3 is 2.67 bits per heavy atom. The first-order valence-corrected chi connectivity index (χ1v) is 6.71. The van der Waals surface area contributed by atoms with Crippen LogP contribution in [0.25, 0.3) is 0 Å². The molecule has 1 aliphatic rings. The molecule has 0 radical (unpaired) electrons. The number of rotatable bonds is 2. The number of hydrogen-bond acceptors (Lipinski definition) is 3. The van der Waals surface area contributed by atoms with E-state index in [-0.39, 0.29) is 6.04 Å². The molecule has 2 N–H and O–H groups in total.